The Kier molecular flexibility index (Phi) is 9.75. The molecule has 1 saturated heterocycles. The second-order valence-corrected chi connectivity index (χ2v) is 9.54. The van der Waals surface area contributed by atoms with E-state index in [-0.39, 0.29) is 0 Å². The first-order valence-corrected chi connectivity index (χ1v) is 11.9. The summed E-state index contributed by atoms with van der Waals surface area (Å²) in [6.07, 6.45) is 8.87. The number of nitrogens with two attached hydrogens (primary N) is 1. The standard InChI is InChI=1S/C20H37N3O.C3H7N3O/c1-15-14-22(19(5)21-16(2)18(4)24-6)12-13-23(15)17(3)20-10-8-7-9-11-20;4-3(1-2-3)5-6-7/h15,17,20H,7-14H2,1-6H3;1-2,4H2,(H,5,7)/b18-16+,21-19?;. The molecule has 2 unspecified atom stereocenters. The molecule has 0 amide bonds. The summed E-state index contributed by atoms with van der Waals surface area (Å²) in [6.45, 7) is 14.3. The molecule has 178 valence electrons. The van der Waals surface area contributed by atoms with Crippen LogP contribution in [0.5, 0.6) is 0 Å². The van der Waals surface area contributed by atoms with Gasteiger partial charge in [-0.05, 0) is 66.2 Å². The number of methoxy groups -OCH3 is 1. The van der Waals surface area contributed by atoms with Crippen LogP contribution in [0.1, 0.15) is 79.6 Å². The number of aliphatic imine (C=N–C) groups is 1. The van der Waals surface area contributed by atoms with Crippen molar-refractivity contribution in [2.75, 3.05) is 26.7 Å². The van der Waals surface area contributed by atoms with Crippen molar-refractivity contribution in [2.45, 2.75) is 97.3 Å². The number of ether oxygens (including phenoxy) is 1. The molecule has 1 heterocycles. The number of rotatable bonds is 6. The maximum absolute atomic E-state index is 9.42. The van der Waals surface area contributed by atoms with Crippen LogP contribution in [0.4, 0.5) is 0 Å². The minimum atomic E-state index is -0.429. The van der Waals surface area contributed by atoms with E-state index in [0.29, 0.717) is 6.04 Å². The molecule has 3 aliphatic rings. The van der Waals surface area contributed by atoms with Gasteiger partial charge in [-0.15, -0.1) is 4.91 Å². The van der Waals surface area contributed by atoms with Gasteiger partial charge in [-0.25, -0.2) is 4.99 Å². The number of piperazine rings is 1. The molecule has 1 aliphatic heterocycles. The van der Waals surface area contributed by atoms with Crippen molar-refractivity contribution in [2.24, 2.45) is 21.9 Å². The number of hydrogen-bond donors (Lipinski definition) is 2. The van der Waals surface area contributed by atoms with Crippen molar-refractivity contribution < 1.29 is 4.74 Å². The summed E-state index contributed by atoms with van der Waals surface area (Å²) >= 11 is 0. The molecule has 8 nitrogen and oxygen atoms in total. The van der Waals surface area contributed by atoms with Crippen LogP contribution < -0.4 is 11.2 Å². The second kappa shape index (κ2) is 11.8. The van der Waals surface area contributed by atoms with E-state index in [4.69, 9.17) is 15.5 Å². The Hall–Kier alpha value is -1.67. The highest BCUT2D eigenvalue weighted by Gasteiger charge is 2.38. The lowest BCUT2D eigenvalue weighted by Gasteiger charge is -2.46. The lowest BCUT2D eigenvalue weighted by molar-refractivity contribution is 0.0477. The molecule has 0 aromatic carbocycles. The number of nitroso groups, excluding NO2 is 1. The lowest BCUT2D eigenvalue weighted by atomic mass is 9.83. The molecule has 3 rings (SSSR count). The van der Waals surface area contributed by atoms with Gasteiger partial charge in [0.15, 0.2) is 0 Å². The summed E-state index contributed by atoms with van der Waals surface area (Å²) in [5.74, 6) is 2.91. The predicted molar refractivity (Wildman–Crippen MR) is 127 cm³/mol. The Morgan fingerprint density at radius 2 is 1.81 bits per heavy atom. The first-order valence-electron chi connectivity index (χ1n) is 11.9. The summed E-state index contributed by atoms with van der Waals surface area (Å²) in [4.78, 5) is 19.3. The fraction of sp³-hybridized carbons (Fsp3) is 0.870. The number of allylic oxidation sites excluding steroid dienone is 2. The van der Waals surface area contributed by atoms with Crippen molar-refractivity contribution in [3.63, 3.8) is 0 Å². The summed E-state index contributed by atoms with van der Waals surface area (Å²) in [7, 11) is 1.71. The summed E-state index contributed by atoms with van der Waals surface area (Å²) in [5, 5.41) is 2.44. The number of nitrogens with one attached hydrogen (secondary N) is 1. The Labute approximate surface area is 188 Å². The third-order valence-electron chi connectivity index (χ3n) is 7.19. The molecule has 0 radical (unpaired) electrons. The van der Waals surface area contributed by atoms with Crippen LogP contribution in [0, 0.1) is 10.8 Å². The van der Waals surface area contributed by atoms with Crippen molar-refractivity contribution in [1.29, 1.82) is 0 Å². The third kappa shape index (κ3) is 7.75. The van der Waals surface area contributed by atoms with E-state index in [1.165, 1.54) is 32.1 Å². The minimum absolute atomic E-state index is 0.429. The summed E-state index contributed by atoms with van der Waals surface area (Å²) < 4.78 is 5.28. The van der Waals surface area contributed by atoms with Crippen LogP contribution in [0.25, 0.3) is 0 Å². The van der Waals surface area contributed by atoms with Gasteiger partial charge >= 0.3 is 0 Å². The van der Waals surface area contributed by atoms with Gasteiger partial charge in [-0.1, -0.05) is 19.3 Å². The normalized spacial score (nSPS) is 26.2. The zero-order valence-electron chi connectivity index (χ0n) is 20.5. The largest absolute Gasteiger partial charge is 0.500 e. The van der Waals surface area contributed by atoms with Crippen molar-refractivity contribution in [3.8, 4) is 0 Å². The average molecular weight is 437 g/mol. The van der Waals surface area contributed by atoms with Gasteiger partial charge in [-0.2, -0.15) is 0 Å². The van der Waals surface area contributed by atoms with Crippen LogP contribution in [-0.4, -0.2) is 60.1 Å². The molecular weight excluding hydrogens is 392 g/mol. The van der Waals surface area contributed by atoms with Crippen LogP contribution >= 0.6 is 0 Å². The van der Waals surface area contributed by atoms with Crippen LogP contribution in [0.15, 0.2) is 21.7 Å². The molecule has 2 saturated carbocycles. The second-order valence-electron chi connectivity index (χ2n) is 9.54. The minimum Gasteiger partial charge on any atom is -0.500 e. The quantitative estimate of drug-likeness (QED) is 0.163. The van der Waals surface area contributed by atoms with E-state index < -0.39 is 5.66 Å². The molecule has 0 spiro atoms. The van der Waals surface area contributed by atoms with Gasteiger partial charge in [0.1, 0.15) is 17.3 Å². The highest BCUT2D eigenvalue weighted by molar-refractivity contribution is 5.80. The van der Waals surface area contributed by atoms with Gasteiger partial charge < -0.3 is 15.4 Å². The molecule has 3 N–H and O–H groups in total. The first kappa shape index (κ1) is 25.6. The molecule has 31 heavy (non-hydrogen) atoms. The van der Waals surface area contributed by atoms with E-state index in [0.717, 1.165) is 61.7 Å². The topological polar surface area (TPSA) is 95.6 Å². The van der Waals surface area contributed by atoms with Crippen LogP contribution in [-0.2, 0) is 4.74 Å². The van der Waals surface area contributed by atoms with Crippen molar-refractivity contribution in [1.82, 2.24) is 15.2 Å². The van der Waals surface area contributed by atoms with E-state index in [2.05, 4.69) is 41.3 Å². The van der Waals surface area contributed by atoms with Gasteiger partial charge in [-0.3, -0.25) is 10.3 Å². The van der Waals surface area contributed by atoms with Crippen molar-refractivity contribution in [3.05, 3.63) is 16.4 Å². The highest BCUT2D eigenvalue weighted by Crippen LogP contribution is 2.30. The molecule has 0 aromatic rings. The molecule has 2 aliphatic carbocycles. The number of amidine groups is 1. The zero-order chi connectivity index (χ0) is 23.0. The lowest BCUT2D eigenvalue weighted by Crippen LogP contribution is -2.57. The van der Waals surface area contributed by atoms with Gasteiger partial charge in [0.25, 0.3) is 0 Å². The highest BCUT2D eigenvalue weighted by atomic mass is 16.5. The number of hydrogen-bond acceptors (Lipinski definition) is 6. The first-order chi connectivity index (χ1) is 14.7. The van der Waals surface area contributed by atoms with Crippen molar-refractivity contribution >= 4 is 5.84 Å². The average Bonchev–Trinajstić information content (AvgIpc) is 3.50. The van der Waals surface area contributed by atoms with E-state index in [1.807, 2.05) is 13.8 Å². The predicted octanol–water partition coefficient (Wildman–Crippen LogP) is 3.98. The summed E-state index contributed by atoms with van der Waals surface area (Å²) in [5.41, 5.74) is 8.14. The van der Waals surface area contributed by atoms with Crippen LogP contribution in [0.2, 0.25) is 0 Å². The monoisotopic (exact) mass is 436 g/mol. The van der Waals surface area contributed by atoms with E-state index in [9.17, 15) is 4.91 Å². The Morgan fingerprint density at radius 3 is 2.29 bits per heavy atom. The molecule has 8 heteroatoms. The van der Waals surface area contributed by atoms with Gasteiger partial charge in [0, 0.05) is 31.7 Å². The molecular formula is C23H44N6O2. The maximum atomic E-state index is 9.42. The molecule has 3 fully saturated rings. The fourth-order valence-electron chi connectivity index (χ4n) is 4.64. The smallest absolute Gasteiger partial charge is 0.114 e. The fourth-order valence-corrected chi connectivity index (χ4v) is 4.64. The number of nitrogens with zero attached hydrogens (tertiary/aromatic N) is 4. The third-order valence-corrected chi connectivity index (χ3v) is 7.19. The molecule has 2 atom stereocenters. The molecule has 0 aromatic heterocycles. The van der Waals surface area contributed by atoms with Gasteiger partial charge in [0.2, 0.25) is 0 Å². The van der Waals surface area contributed by atoms with E-state index in [1.54, 1.807) is 7.11 Å². The Bertz CT molecular complexity index is 640. The van der Waals surface area contributed by atoms with Crippen LogP contribution in [0.3, 0.4) is 0 Å². The Morgan fingerprint density at radius 1 is 1.16 bits per heavy atom. The van der Waals surface area contributed by atoms with E-state index >= 15 is 0 Å². The Balaban J connectivity index is 0.000000412. The molecule has 0 bridgehead atoms. The van der Waals surface area contributed by atoms with Gasteiger partial charge in [0.05, 0.1) is 18.1 Å². The SMILES string of the molecule is CO/C(C)=C(\C)N=C(C)N1CCN(C(C)C2CCCCC2)C(C)C1.NC1(NN=O)CC1. The summed E-state index contributed by atoms with van der Waals surface area (Å²) in [6, 6.07) is 1.31. The maximum Gasteiger partial charge on any atom is 0.114 e. The zero-order valence-corrected chi connectivity index (χ0v) is 20.5.